The lowest BCUT2D eigenvalue weighted by atomic mass is 9.86. The van der Waals surface area contributed by atoms with Gasteiger partial charge in [0, 0.05) is 55.0 Å². The summed E-state index contributed by atoms with van der Waals surface area (Å²) in [6.07, 6.45) is 10.5. The molecule has 0 unspecified atom stereocenters. The lowest BCUT2D eigenvalue weighted by molar-refractivity contribution is 0.0595. The van der Waals surface area contributed by atoms with E-state index in [1.807, 2.05) is 27.7 Å². The van der Waals surface area contributed by atoms with Gasteiger partial charge in [0.05, 0.1) is 11.7 Å². The molecule has 3 aromatic heterocycles. The molecule has 0 spiro atoms. The molecule has 3 fully saturated rings. The molecule has 0 bridgehead atoms. The largest absolute Gasteiger partial charge is 0.360 e. The SMILES string of the molecule is Cc1cn2nc([C@@H]3CCCCN3C(=O)c3cc(C4(C)CCCC4)on3)cc2nc1N1CC[C@H](N)C1. The van der Waals surface area contributed by atoms with Gasteiger partial charge >= 0.3 is 0 Å². The second-order valence-electron chi connectivity index (χ2n) is 11.0. The van der Waals surface area contributed by atoms with Crippen LogP contribution in [0.15, 0.2) is 22.9 Å². The summed E-state index contributed by atoms with van der Waals surface area (Å²) < 4.78 is 7.54. The van der Waals surface area contributed by atoms with E-state index in [4.69, 9.17) is 20.3 Å². The van der Waals surface area contributed by atoms with Gasteiger partial charge < -0.3 is 20.1 Å². The van der Waals surface area contributed by atoms with Crippen LogP contribution in [-0.4, -0.2) is 56.2 Å². The topological polar surface area (TPSA) is 106 Å². The second-order valence-corrected chi connectivity index (χ2v) is 11.0. The first-order valence-electron chi connectivity index (χ1n) is 13.1. The van der Waals surface area contributed by atoms with Crippen molar-refractivity contribution >= 4 is 17.4 Å². The van der Waals surface area contributed by atoms with Crippen molar-refractivity contribution in [2.24, 2.45) is 5.73 Å². The Morgan fingerprint density at radius 3 is 2.74 bits per heavy atom. The number of fused-ring (bicyclic) bond motifs is 1. The van der Waals surface area contributed by atoms with Crippen LogP contribution >= 0.6 is 0 Å². The van der Waals surface area contributed by atoms with Gasteiger partial charge in [0.25, 0.3) is 5.91 Å². The molecule has 1 amide bonds. The van der Waals surface area contributed by atoms with Crippen LogP contribution in [0.1, 0.15) is 91.8 Å². The number of likely N-dealkylation sites (tertiary alicyclic amines) is 1. The number of nitrogens with zero attached hydrogens (tertiary/aromatic N) is 6. The molecule has 2 saturated heterocycles. The summed E-state index contributed by atoms with van der Waals surface area (Å²) in [5.74, 6) is 1.75. The van der Waals surface area contributed by atoms with Crippen molar-refractivity contribution in [3.63, 3.8) is 0 Å². The first-order valence-corrected chi connectivity index (χ1v) is 13.1. The number of aryl methyl sites for hydroxylation is 1. The number of hydrogen-bond donors (Lipinski definition) is 1. The molecule has 5 heterocycles. The van der Waals surface area contributed by atoms with E-state index < -0.39 is 0 Å². The van der Waals surface area contributed by atoms with E-state index in [2.05, 4.69) is 23.9 Å². The quantitative estimate of drug-likeness (QED) is 0.610. The average Bonchev–Trinajstić information content (AvgIpc) is 3.65. The number of aromatic nitrogens is 4. The average molecular weight is 478 g/mol. The number of hydrogen-bond acceptors (Lipinski definition) is 7. The smallest absolute Gasteiger partial charge is 0.276 e. The molecule has 9 heteroatoms. The number of piperidine rings is 1. The molecule has 2 N–H and O–H groups in total. The van der Waals surface area contributed by atoms with Gasteiger partial charge in [-0.3, -0.25) is 4.79 Å². The van der Waals surface area contributed by atoms with Gasteiger partial charge in [-0.05, 0) is 45.4 Å². The van der Waals surface area contributed by atoms with Crippen LogP contribution in [0, 0.1) is 6.92 Å². The molecular weight excluding hydrogens is 442 g/mol. The van der Waals surface area contributed by atoms with Crippen molar-refractivity contribution < 1.29 is 9.32 Å². The maximum atomic E-state index is 13.6. The first kappa shape index (κ1) is 22.5. The molecule has 6 rings (SSSR count). The molecule has 186 valence electrons. The van der Waals surface area contributed by atoms with Crippen molar-refractivity contribution in [1.29, 1.82) is 0 Å². The van der Waals surface area contributed by atoms with Gasteiger partial charge in [-0.1, -0.05) is 24.9 Å². The normalized spacial score (nSPS) is 24.5. The molecule has 0 radical (unpaired) electrons. The summed E-state index contributed by atoms with van der Waals surface area (Å²) in [6, 6.07) is 4.01. The number of carbonyl (C=O) groups excluding carboxylic acids is 1. The fraction of sp³-hybridized carbons (Fsp3) is 0.615. The van der Waals surface area contributed by atoms with E-state index >= 15 is 0 Å². The summed E-state index contributed by atoms with van der Waals surface area (Å²) in [7, 11) is 0. The van der Waals surface area contributed by atoms with Crippen LogP contribution in [-0.2, 0) is 5.41 Å². The Morgan fingerprint density at radius 2 is 1.97 bits per heavy atom. The third-order valence-corrected chi connectivity index (χ3v) is 8.28. The minimum atomic E-state index is -0.0934. The van der Waals surface area contributed by atoms with E-state index in [1.165, 1.54) is 12.8 Å². The lowest BCUT2D eigenvalue weighted by Crippen LogP contribution is -2.38. The molecule has 35 heavy (non-hydrogen) atoms. The maximum Gasteiger partial charge on any atom is 0.276 e. The van der Waals surface area contributed by atoms with Crippen LogP contribution in [0.4, 0.5) is 5.82 Å². The van der Waals surface area contributed by atoms with E-state index in [0.717, 1.165) is 80.1 Å². The molecule has 3 aliphatic rings. The molecule has 0 aromatic carbocycles. The van der Waals surface area contributed by atoms with Gasteiger partial charge in [-0.25, -0.2) is 9.50 Å². The zero-order chi connectivity index (χ0) is 24.2. The van der Waals surface area contributed by atoms with Crippen LogP contribution in [0.2, 0.25) is 0 Å². The predicted molar refractivity (Wildman–Crippen MR) is 132 cm³/mol. The molecule has 2 atom stereocenters. The zero-order valence-electron chi connectivity index (χ0n) is 20.7. The van der Waals surface area contributed by atoms with Crippen LogP contribution in [0.3, 0.4) is 0 Å². The van der Waals surface area contributed by atoms with Gasteiger partial charge in [0.15, 0.2) is 11.3 Å². The minimum absolute atomic E-state index is 0.00504. The number of rotatable bonds is 4. The molecule has 1 saturated carbocycles. The summed E-state index contributed by atoms with van der Waals surface area (Å²) in [6.45, 7) is 6.73. The number of amides is 1. The summed E-state index contributed by atoms with van der Waals surface area (Å²) in [5.41, 5.74) is 9.29. The van der Waals surface area contributed by atoms with Crippen molar-refractivity contribution in [1.82, 2.24) is 24.7 Å². The van der Waals surface area contributed by atoms with E-state index in [-0.39, 0.29) is 23.4 Å². The number of nitrogens with two attached hydrogens (primary N) is 1. The van der Waals surface area contributed by atoms with Crippen LogP contribution in [0.5, 0.6) is 0 Å². The summed E-state index contributed by atoms with van der Waals surface area (Å²) in [4.78, 5) is 22.7. The highest BCUT2D eigenvalue weighted by Crippen LogP contribution is 2.41. The Morgan fingerprint density at radius 1 is 1.14 bits per heavy atom. The maximum absolute atomic E-state index is 13.6. The number of carbonyl (C=O) groups is 1. The molecule has 3 aromatic rings. The number of anilines is 1. The van der Waals surface area contributed by atoms with Gasteiger partial charge in [-0.15, -0.1) is 0 Å². The monoisotopic (exact) mass is 477 g/mol. The van der Waals surface area contributed by atoms with Crippen LogP contribution in [0.25, 0.3) is 5.65 Å². The Balaban J connectivity index is 1.28. The predicted octanol–water partition coefficient (Wildman–Crippen LogP) is 3.76. The zero-order valence-corrected chi connectivity index (χ0v) is 20.7. The second kappa shape index (κ2) is 8.62. The Bertz CT molecular complexity index is 1240. The summed E-state index contributed by atoms with van der Waals surface area (Å²) in [5, 5.41) is 9.06. The molecule has 9 nitrogen and oxygen atoms in total. The van der Waals surface area contributed by atoms with Gasteiger partial charge in [0.1, 0.15) is 11.6 Å². The molecule has 1 aliphatic carbocycles. The third kappa shape index (κ3) is 3.99. The molecule has 2 aliphatic heterocycles. The highest BCUT2D eigenvalue weighted by Gasteiger charge is 2.37. The molecular formula is C26H35N7O2. The Kier molecular flexibility index (Phi) is 5.55. The van der Waals surface area contributed by atoms with Gasteiger partial charge in [0.2, 0.25) is 0 Å². The standard InChI is InChI=1S/C26H35N7O2/c1-17-15-33-23(28-24(17)31-12-8-18(27)16-31)14-19(29-33)21-7-3-6-11-32(21)25(34)20-13-22(35-30-20)26(2)9-4-5-10-26/h13-15,18,21H,3-12,16,27H2,1-2H3/t18-,21-/m0/s1. The minimum Gasteiger partial charge on any atom is -0.360 e. The van der Waals surface area contributed by atoms with Crippen molar-refractivity contribution in [3.8, 4) is 0 Å². The summed E-state index contributed by atoms with van der Waals surface area (Å²) >= 11 is 0. The highest BCUT2D eigenvalue weighted by molar-refractivity contribution is 5.92. The Hall–Kier alpha value is -2.94. The Labute approximate surface area is 205 Å². The fourth-order valence-corrected chi connectivity index (χ4v) is 6.17. The van der Waals surface area contributed by atoms with Gasteiger partial charge in [-0.2, -0.15) is 5.10 Å². The van der Waals surface area contributed by atoms with Crippen molar-refractivity contribution in [2.75, 3.05) is 24.5 Å². The van der Waals surface area contributed by atoms with Crippen LogP contribution < -0.4 is 10.6 Å². The third-order valence-electron chi connectivity index (χ3n) is 8.28. The lowest BCUT2D eigenvalue weighted by Gasteiger charge is -2.34. The highest BCUT2D eigenvalue weighted by atomic mass is 16.5. The van der Waals surface area contributed by atoms with E-state index in [9.17, 15) is 4.79 Å². The van der Waals surface area contributed by atoms with E-state index in [0.29, 0.717) is 12.2 Å². The van der Waals surface area contributed by atoms with Crippen molar-refractivity contribution in [2.45, 2.75) is 82.7 Å². The fourth-order valence-electron chi connectivity index (χ4n) is 6.17. The van der Waals surface area contributed by atoms with E-state index in [1.54, 1.807) is 0 Å². The van der Waals surface area contributed by atoms with Crippen molar-refractivity contribution in [3.05, 3.63) is 41.0 Å². The first-order chi connectivity index (χ1) is 16.9.